The van der Waals surface area contributed by atoms with E-state index in [0.29, 0.717) is 11.1 Å². The summed E-state index contributed by atoms with van der Waals surface area (Å²) in [6, 6.07) is 21.6. The number of ketones is 6. The first-order chi connectivity index (χ1) is 43.3. The summed E-state index contributed by atoms with van der Waals surface area (Å²) in [6.45, 7) is 13.0. The molecule has 0 saturated carbocycles. The highest BCUT2D eigenvalue weighted by Crippen LogP contribution is 2.15. The van der Waals surface area contributed by atoms with Crippen LogP contribution in [0.2, 0.25) is 0 Å². The molecule has 4 aromatic rings. The first-order valence-corrected chi connectivity index (χ1v) is 28.2. The van der Waals surface area contributed by atoms with Crippen LogP contribution in [-0.2, 0) is 76.3 Å². The number of esters is 6. The average molecular weight is 1390 g/mol. The van der Waals surface area contributed by atoms with E-state index in [1.807, 2.05) is 0 Å². The van der Waals surface area contributed by atoms with E-state index in [1.54, 1.807) is 0 Å². The van der Waals surface area contributed by atoms with E-state index in [0.717, 1.165) is 0 Å². The third-order valence-electron chi connectivity index (χ3n) is 13.2. The second kappa shape index (κ2) is 47.4. The van der Waals surface area contributed by atoms with E-state index in [4.69, 9.17) is 37.9 Å². The van der Waals surface area contributed by atoms with Gasteiger partial charge in [0.1, 0.15) is 12.2 Å². The number of ether oxygens (including phenoxy) is 8. The summed E-state index contributed by atoms with van der Waals surface area (Å²) in [5.41, 5.74) is 1.20. The third-order valence-corrected chi connectivity index (χ3v) is 13.2. The molecule has 28 nitrogen and oxygen atoms in total. The van der Waals surface area contributed by atoms with Crippen LogP contribution in [-0.4, -0.2) is 171 Å². The van der Waals surface area contributed by atoms with Gasteiger partial charge in [0.2, 0.25) is 0 Å². The Morgan fingerprint density at radius 2 is 0.414 bits per heavy atom. The smallest absolute Gasteiger partial charge is 0.338 e. The van der Waals surface area contributed by atoms with E-state index >= 15 is 0 Å². The van der Waals surface area contributed by atoms with Crippen molar-refractivity contribution in [1.29, 1.82) is 0 Å². The summed E-state index contributed by atoms with van der Waals surface area (Å²) >= 11 is 0. The zero-order valence-corrected chi connectivity index (χ0v) is 52.5. The maximum absolute atomic E-state index is 12.5. The Morgan fingerprint density at radius 3 is 0.576 bits per heavy atom. The van der Waals surface area contributed by atoms with Gasteiger partial charge in [-0.25, -0.2) is 28.8 Å². The molecule has 4 amide bonds. The van der Waals surface area contributed by atoms with Gasteiger partial charge in [0.15, 0.2) is 71.3 Å². The molecule has 99 heavy (non-hydrogen) atoms. The van der Waals surface area contributed by atoms with Crippen molar-refractivity contribution in [2.75, 3.05) is 27.6 Å². The lowest BCUT2D eigenvalue weighted by atomic mass is 10.1. The van der Waals surface area contributed by atoms with E-state index in [2.05, 4.69) is 21.3 Å². The van der Waals surface area contributed by atoms with Crippen molar-refractivity contribution in [3.8, 4) is 0 Å². The predicted molar refractivity (Wildman–Crippen MR) is 367 cm³/mol. The van der Waals surface area contributed by atoms with Gasteiger partial charge in [-0.2, -0.15) is 0 Å². The number of benzene rings is 4. The fraction of sp³-hybridized carbons (Fsp3) is 0.437. The molecule has 4 N–H and O–H groups in total. The van der Waals surface area contributed by atoms with Gasteiger partial charge >= 0.3 is 35.8 Å². The van der Waals surface area contributed by atoms with Gasteiger partial charge < -0.3 is 59.2 Å². The highest BCUT2D eigenvalue weighted by Gasteiger charge is 2.28. The number of Topliss-reactive ketones (excluding diaryl/α,β-unsaturated/α-hetero) is 6. The first-order valence-electron chi connectivity index (χ1n) is 28.2. The monoisotopic (exact) mass is 1390 g/mol. The Labute approximate surface area is 579 Å². The lowest BCUT2D eigenvalue weighted by molar-refractivity contribution is -0.137. The van der Waals surface area contributed by atoms with Crippen LogP contribution in [0, 0.1) is 0 Å². The van der Waals surface area contributed by atoms with Gasteiger partial charge in [-0.1, -0.05) is 76.3 Å². The van der Waals surface area contributed by atoms with E-state index in [1.165, 1.54) is 181 Å². The maximum Gasteiger partial charge on any atom is 0.338 e. The molecule has 0 saturated heterocycles. The van der Waals surface area contributed by atoms with Crippen molar-refractivity contribution in [3.63, 3.8) is 0 Å². The molecule has 0 radical (unpaired) electrons. The van der Waals surface area contributed by atoms with Gasteiger partial charge in [0.05, 0.1) is 59.6 Å². The number of nitrogens with one attached hydrogen (secondary N) is 4. The lowest BCUT2D eigenvalue weighted by Gasteiger charge is -2.16. The van der Waals surface area contributed by atoms with Crippen molar-refractivity contribution in [2.45, 2.75) is 183 Å². The van der Waals surface area contributed by atoms with Crippen LogP contribution >= 0.6 is 0 Å². The fourth-order valence-corrected chi connectivity index (χ4v) is 7.08. The minimum Gasteiger partial charge on any atom is -0.451 e. The zero-order chi connectivity index (χ0) is 69.1. The van der Waals surface area contributed by atoms with E-state index in [9.17, 15) is 76.7 Å². The molecule has 4 rings (SSSR count). The minimum atomic E-state index is -1.27. The van der Waals surface area contributed by atoms with Crippen LogP contribution in [0.5, 0.6) is 0 Å². The molecular weight excluding hydrogens is 1290 g/mol. The summed E-state index contributed by atoms with van der Waals surface area (Å²) in [4.78, 5) is 194. The topological polar surface area (TPSA) is 395 Å². The number of hydrogen-bond acceptors (Lipinski definition) is 24. The van der Waals surface area contributed by atoms with Crippen LogP contribution in [0.15, 0.2) is 97.1 Å². The third kappa shape index (κ3) is 32.0. The number of carbonyl (C=O) groups is 16. The average Bonchev–Trinajstić information content (AvgIpc) is 0.875. The van der Waals surface area contributed by atoms with Crippen LogP contribution in [0.25, 0.3) is 0 Å². The van der Waals surface area contributed by atoms with Crippen LogP contribution in [0.4, 0.5) is 0 Å². The second-order valence-corrected chi connectivity index (χ2v) is 20.2. The number of amides is 4. The minimum absolute atomic E-state index is 0. The number of carbonyl (C=O) groups excluding carboxylic acids is 16. The molecule has 0 aliphatic rings. The number of methoxy groups -OCH3 is 2. The predicted octanol–water partition coefficient (Wildman–Crippen LogP) is 8.41. The Hall–Kier alpha value is -10.5. The summed E-state index contributed by atoms with van der Waals surface area (Å²) in [7, 11) is 2.67. The summed E-state index contributed by atoms with van der Waals surface area (Å²) in [5.74, 6) is -10.3. The van der Waals surface area contributed by atoms with Crippen LogP contribution < -0.4 is 21.3 Å². The molecule has 28 heteroatoms. The molecule has 0 aromatic heterocycles. The van der Waals surface area contributed by atoms with E-state index in [-0.39, 0.29) is 110 Å². The Bertz CT molecular complexity index is 3160. The molecule has 4 aromatic carbocycles. The highest BCUT2D eigenvalue weighted by molar-refractivity contribution is 6.05. The maximum atomic E-state index is 12.5. The normalized spacial score (nSPS) is 12.2. The van der Waals surface area contributed by atoms with Gasteiger partial charge in [-0.05, 0) is 142 Å². The molecule has 0 fully saturated rings. The Morgan fingerprint density at radius 1 is 0.263 bits per heavy atom. The van der Waals surface area contributed by atoms with Gasteiger partial charge in [0.25, 0.3) is 23.6 Å². The quantitative estimate of drug-likeness (QED) is 0.0117. The summed E-state index contributed by atoms with van der Waals surface area (Å²) in [6.07, 6.45) is -9.78. The molecule has 8 unspecified atom stereocenters. The number of rotatable bonds is 32. The lowest BCUT2D eigenvalue weighted by Crippen LogP contribution is -2.45. The van der Waals surface area contributed by atoms with Crippen molar-refractivity contribution in [3.05, 3.63) is 142 Å². The van der Waals surface area contributed by atoms with Gasteiger partial charge in [0, 0.05) is 25.3 Å². The second-order valence-electron chi connectivity index (χ2n) is 20.2. The SMILES string of the molecule is C.C.C.C.C.C.C.COC(C)C(=O)CC(=O)C(C)OC(=O)c1ccc(C(=O)OC(C)C(=O)NCNC(=O)C(C)OC(=O)c2ccc(C(C)=O)cc2)cc1.COC(C)C(=O)CC(=O)C(C)OC(=O)c1ccc(C(=O)OC(C)C(=O)NCNC(=O)C(C)OC(=O)c2ccc(C(C)=O)cc2)cc1. The summed E-state index contributed by atoms with van der Waals surface area (Å²) in [5, 5.41) is 9.46. The fourth-order valence-electron chi connectivity index (χ4n) is 7.08. The molecule has 0 aliphatic heterocycles. The Kier molecular flexibility index (Phi) is 46.6. The highest BCUT2D eigenvalue weighted by atomic mass is 16.6. The molecule has 0 bridgehead atoms. The molecule has 0 aliphatic carbocycles. The Balaban J connectivity index is -0.000000556. The molecular formula is C71H100N4O24. The van der Waals surface area contributed by atoms with Crippen LogP contribution in [0.3, 0.4) is 0 Å². The van der Waals surface area contributed by atoms with Crippen LogP contribution in [0.1, 0.15) is 217 Å². The van der Waals surface area contributed by atoms with Crippen molar-refractivity contribution < 1.29 is 115 Å². The molecule has 0 heterocycles. The largest absolute Gasteiger partial charge is 0.451 e. The standard InChI is InChI=1S/2C32H36N2O12.7CH4/c2*1-17(35)22-7-9-23(10-8-22)31(41)45-20(4)28(38)33-16-34-29(39)21(5)46-32(42)25-13-11-24(12-14-25)30(40)44-19(3)27(37)15-26(36)18(2)43-6;;;;;;;/h2*7-14,18-21H,15-16H2,1-6H3,(H,33,38)(H,34,39);7*1H4. The summed E-state index contributed by atoms with van der Waals surface area (Å²) < 4.78 is 40.4. The van der Waals surface area contributed by atoms with E-state index < -0.39 is 144 Å². The number of hydrogen-bond donors (Lipinski definition) is 4. The van der Waals surface area contributed by atoms with Gasteiger partial charge in [-0.3, -0.25) is 47.9 Å². The zero-order valence-electron chi connectivity index (χ0n) is 52.5. The molecule has 8 atom stereocenters. The van der Waals surface area contributed by atoms with Gasteiger partial charge in [-0.15, -0.1) is 0 Å². The molecule has 548 valence electrons. The molecule has 0 spiro atoms. The van der Waals surface area contributed by atoms with Crippen molar-refractivity contribution in [1.82, 2.24) is 21.3 Å². The van der Waals surface area contributed by atoms with Crippen molar-refractivity contribution >= 4 is 94.1 Å². The van der Waals surface area contributed by atoms with Crippen molar-refractivity contribution in [2.24, 2.45) is 0 Å². The first kappa shape index (κ1) is 97.2.